The van der Waals surface area contributed by atoms with Gasteiger partial charge in [-0.25, -0.2) is 9.69 Å². The lowest BCUT2D eigenvalue weighted by Crippen LogP contribution is -2.54. The predicted octanol–water partition coefficient (Wildman–Crippen LogP) is 5.87. The maximum Gasteiger partial charge on any atom is 0.332 e. The zero-order valence-electron chi connectivity index (χ0n) is 22.6. The van der Waals surface area contributed by atoms with E-state index in [4.69, 9.17) is 0 Å². The minimum atomic E-state index is -1.48. The Morgan fingerprint density at radius 2 is 1.60 bits per heavy atom. The average Bonchev–Trinajstić information content (AvgIpc) is 3.43. The first kappa shape index (κ1) is 26.4. The van der Waals surface area contributed by atoms with Gasteiger partial charge in [0.2, 0.25) is 11.8 Å². The molecule has 3 aliphatic rings. The number of benzene rings is 3. The number of aryl methyl sites for hydroxylation is 1. The second-order valence-corrected chi connectivity index (χ2v) is 12.3. The molecule has 3 saturated heterocycles. The summed E-state index contributed by atoms with van der Waals surface area (Å²) in [5.74, 6) is -3.03. The molecular formula is C32H30BrN3O4. The number of urea groups is 1. The first-order valence-electron chi connectivity index (χ1n) is 13.5. The number of imide groups is 2. The van der Waals surface area contributed by atoms with Crippen molar-refractivity contribution in [3.05, 3.63) is 100 Å². The third-order valence-corrected chi connectivity index (χ3v) is 8.82. The number of amides is 5. The molecule has 0 aromatic heterocycles. The van der Waals surface area contributed by atoms with Crippen molar-refractivity contribution in [1.82, 2.24) is 9.80 Å². The van der Waals surface area contributed by atoms with E-state index in [1.54, 1.807) is 23.1 Å². The maximum atomic E-state index is 14.6. The molecule has 3 fully saturated rings. The van der Waals surface area contributed by atoms with Gasteiger partial charge in [-0.05, 0) is 48.6 Å². The van der Waals surface area contributed by atoms with E-state index < -0.39 is 41.3 Å². The quantitative estimate of drug-likeness (QED) is 0.262. The summed E-state index contributed by atoms with van der Waals surface area (Å²) < 4.78 is 0.727. The largest absolute Gasteiger partial charge is 0.332 e. The third-order valence-electron chi connectivity index (χ3n) is 8.33. The molecule has 0 bridgehead atoms. The van der Waals surface area contributed by atoms with Crippen LogP contribution in [0.15, 0.2) is 83.3 Å². The highest BCUT2D eigenvalue weighted by atomic mass is 79.9. The van der Waals surface area contributed by atoms with E-state index in [1.165, 1.54) is 9.80 Å². The van der Waals surface area contributed by atoms with Gasteiger partial charge in [0.25, 0.3) is 5.91 Å². The van der Waals surface area contributed by atoms with Crippen LogP contribution in [-0.4, -0.2) is 39.1 Å². The number of carbonyl (C=O) groups is 4. The van der Waals surface area contributed by atoms with E-state index in [2.05, 4.69) is 15.9 Å². The molecule has 4 atom stereocenters. The Bertz CT molecular complexity index is 1540. The lowest BCUT2D eigenvalue weighted by atomic mass is 9.74. The Hall–Kier alpha value is -3.78. The Morgan fingerprint density at radius 1 is 0.875 bits per heavy atom. The Kier molecular flexibility index (Phi) is 6.41. The summed E-state index contributed by atoms with van der Waals surface area (Å²) in [7, 11) is 0. The normalized spacial score (nSPS) is 25.8. The summed E-state index contributed by atoms with van der Waals surface area (Å²) in [4.78, 5) is 61.6. The van der Waals surface area contributed by atoms with Crippen LogP contribution in [0.2, 0.25) is 0 Å². The second-order valence-electron chi connectivity index (χ2n) is 11.4. The van der Waals surface area contributed by atoms with Gasteiger partial charge in [-0.3, -0.25) is 19.3 Å². The number of hydrogen-bond acceptors (Lipinski definition) is 4. The van der Waals surface area contributed by atoms with E-state index in [0.29, 0.717) is 5.69 Å². The molecule has 3 aliphatic heterocycles. The van der Waals surface area contributed by atoms with Crippen LogP contribution in [0.5, 0.6) is 0 Å². The lowest BCUT2D eigenvalue weighted by Gasteiger charge is -2.36. The number of nitrogens with zero attached hydrogens (tertiary/aromatic N) is 3. The third kappa shape index (κ3) is 3.84. The standard InChI is InChI=1S/C32H30BrN3O4/c1-19(2)17-32-26-25(28(37)34(29(26)38)18-21-10-5-4-6-11-21)27(22-12-7-9-20(3)15-22)36(32)31(40)35(30(32)39)24-14-8-13-23(33)16-24/h4-16,19,25-27H,17-18H2,1-3H3/t25-,26-,27-,32-/m1/s1. The summed E-state index contributed by atoms with van der Waals surface area (Å²) in [5, 5.41) is 0. The van der Waals surface area contributed by atoms with E-state index in [0.717, 1.165) is 21.2 Å². The molecule has 0 saturated carbocycles. The molecule has 6 rings (SSSR count). The van der Waals surface area contributed by atoms with E-state index in [-0.39, 0.29) is 24.8 Å². The highest BCUT2D eigenvalue weighted by Crippen LogP contribution is 2.60. The molecule has 8 heteroatoms. The van der Waals surface area contributed by atoms with Crippen molar-refractivity contribution < 1.29 is 19.2 Å². The molecule has 204 valence electrons. The van der Waals surface area contributed by atoms with Crippen LogP contribution < -0.4 is 4.90 Å². The van der Waals surface area contributed by atoms with Gasteiger partial charge in [0.15, 0.2) is 0 Å². The van der Waals surface area contributed by atoms with Gasteiger partial charge in [-0.2, -0.15) is 0 Å². The molecule has 40 heavy (non-hydrogen) atoms. The molecule has 3 aromatic rings. The zero-order valence-corrected chi connectivity index (χ0v) is 24.2. The molecule has 3 heterocycles. The van der Waals surface area contributed by atoms with Crippen molar-refractivity contribution in [1.29, 1.82) is 0 Å². The molecule has 7 nitrogen and oxygen atoms in total. The van der Waals surface area contributed by atoms with Crippen LogP contribution in [0.1, 0.15) is 43.0 Å². The van der Waals surface area contributed by atoms with Crippen LogP contribution >= 0.6 is 15.9 Å². The number of fused-ring (bicyclic) bond motifs is 3. The van der Waals surface area contributed by atoms with E-state index in [9.17, 15) is 19.2 Å². The van der Waals surface area contributed by atoms with Crippen LogP contribution in [0.25, 0.3) is 0 Å². The minimum Gasteiger partial charge on any atom is -0.300 e. The zero-order chi connectivity index (χ0) is 28.3. The number of rotatable bonds is 6. The number of halogens is 1. The molecule has 0 spiro atoms. The average molecular weight is 601 g/mol. The summed E-state index contributed by atoms with van der Waals surface area (Å²) in [6, 6.07) is 22.8. The Balaban J connectivity index is 1.55. The topological polar surface area (TPSA) is 78.0 Å². The highest BCUT2D eigenvalue weighted by molar-refractivity contribution is 9.10. The molecule has 0 radical (unpaired) electrons. The van der Waals surface area contributed by atoms with Gasteiger partial charge >= 0.3 is 6.03 Å². The van der Waals surface area contributed by atoms with Crippen LogP contribution in [0, 0.1) is 24.7 Å². The maximum absolute atomic E-state index is 14.6. The summed E-state index contributed by atoms with van der Waals surface area (Å²) in [5.41, 5.74) is 1.50. The van der Waals surface area contributed by atoms with Crippen LogP contribution in [0.3, 0.4) is 0 Å². The van der Waals surface area contributed by atoms with Crippen LogP contribution in [0.4, 0.5) is 10.5 Å². The van der Waals surface area contributed by atoms with Crippen molar-refractivity contribution in [2.75, 3.05) is 4.90 Å². The summed E-state index contributed by atoms with van der Waals surface area (Å²) in [6.45, 7) is 6.03. The number of hydrogen-bond donors (Lipinski definition) is 0. The van der Waals surface area contributed by atoms with Gasteiger partial charge in [0.1, 0.15) is 5.54 Å². The van der Waals surface area contributed by atoms with Crippen molar-refractivity contribution in [2.24, 2.45) is 17.8 Å². The number of likely N-dealkylation sites (tertiary alicyclic amines) is 1. The fraction of sp³-hybridized carbons (Fsp3) is 0.312. The molecule has 5 amide bonds. The van der Waals surface area contributed by atoms with Gasteiger partial charge < -0.3 is 4.90 Å². The van der Waals surface area contributed by atoms with Crippen molar-refractivity contribution >= 4 is 45.4 Å². The van der Waals surface area contributed by atoms with Crippen LogP contribution in [-0.2, 0) is 20.9 Å². The van der Waals surface area contributed by atoms with Crippen molar-refractivity contribution in [3.8, 4) is 0 Å². The van der Waals surface area contributed by atoms with Gasteiger partial charge in [0, 0.05) is 4.47 Å². The highest BCUT2D eigenvalue weighted by Gasteiger charge is 2.77. The molecular weight excluding hydrogens is 570 g/mol. The van der Waals surface area contributed by atoms with Gasteiger partial charge in [-0.15, -0.1) is 0 Å². The smallest absolute Gasteiger partial charge is 0.300 e. The van der Waals surface area contributed by atoms with E-state index >= 15 is 0 Å². The number of carbonyl (C=O) groups excluding carboxylic acids is 4. The Labute approximate surface area is 241 Å². The summed E-state index contributed by atoms with van der Waals surface area (Å²) in [6.07, 6.45) is 0.268. The van der Waals surface area contributed by atoms with Crippen molar-refractivity contribution in [2.45, 2.75) is 45.3 Å². The van der Waals surface area contributed by atoms with Gasteiger partial charge in [0.05, 0.1) is 30.1 Å². The first-order valence-corrected chi connectivity index (χ1v) is 14.3. The molecule has 0 unspecified atom stereocenters. The summed E-state index contributed by atoms with van der Waals surface area (Å²) >= 11 is 3.45. The lowest BCUT2D eigenvalue weighted by molar-refractivity contribution is -0.145. The monoisotopic (exact) mass is 599 g/mol. The molecule has 0 aliphatic carbocycles. The molecule has 3 aromatic carbocycles. The first-order chi connectivity index (χ1) is 19.1. The fourth-order valence-electron chi connectivity index (χ4n) is 6.95. The predicted molar refractivity (Wildman–Crippen MR) is 154 cm³/mol. The van der Waals surface area contributed by atoms with E-state index in [1.807, 2.05) is 81.4 Å². The number of anilines is 1. The minimum absolute atomic E-state index is 0.0234. The van der Waals surface area contributed by atoms with Crippen molar-refractivity contribution in [3.63, 3.8) is 0 Å². The molecule has 0 N–H and O–H groups in total. The Morgan fingerprint density at radius 3 is 2.27 bits per heavy atom. The van der Waals surface area contributed by atoms with Gasteiger partial charge in [-0.1, -0.05) is 96.0 Å². The fourth-order valence-corrected chi connectivity index (χ4v) is 7.34. The second kappa shape index (κ2) is 9.70. The SMILES string of the molecule is Cc1cccc([C@@H]2[C@@H]3C(=O)N(Cc4ccccc4)C(=O)[C@@H]3[C@]3(CC(C)C)C(=O)N(c4cccc(Br)c4)C(=O)N23)c1.